The summed E-state index contributed by atoms with van der Waals surface area (Å²) in [7, 11) is -2.84. The Labute approximate surface area is 105 Å². The molecule has 0 saturated carbocycles. The van der Waals surface area contributed by atoms with Gasteiger partial charge in [-0.1, -0.05) is 0 Å². The Hall–Kier alpha value is -1.07. The Morgan fingerprint density at radius 1 is 1.22 bits per heavy atom. The van der Waals surface area contributed by atoms with Crippen molar-refractivity contribution in [2.24, 2.45) is 0 Å². The van der Waals surface area contributed by atoms with Crippen LogP contribution in [0.5, 0.6) is 0 Å². The zero-order chi connectivity index (χ0) is 13.0. The van der Waals surface area contributed by atoms with E-state index in [1.807, 2.05) is 0 Å². The second-order valence-electron chi connectivity index (χ2n) is 4.09. The van der Waals surface area contributed by atoms with E-state index in [-0.39, 0.29) is 11.8 Å². The minimum atomic E-state index is -2.84. The van der Waals surface area contributed by atoms with Gasteiger partial charge in [-0.15, -0.1) is 0 Å². The molecule has 18 heavy (non-hydrogen) atoms. The van der Waals surface area contributed by atoms with Crippen LogP contribution in [0, 0.1) is 10.1 Å². The maximum atomic E-state index is 10.5. The molecule has 0 radical (unpaired) electrons. The fraction of sp³-hybridized carbons (Fsp3) is 0.455. The van der Waals surface area contributed by atoms with Crippen molar-refractivity contribution < 1.29 is 18.9 Å². The molecule has 1 heterocycles. The van der Waals surface area contributed by atoms with Crippen LogP contribution in [-0.2, 0) is 15.2 Å². The predicted octanol–water partition coefficient (Wildman–Crippen LogP) is 2.68. The van der Waals surface area contributed by atoms with Crippen LogP contribution in [0.2, 0.25) is 0 Å². The van der Waals surface area contributed by atoms with Crippen LogP contribution in [0.3, 0.4) is 0 Å². The Morgan fingerprint density at radius 3 is 2.28 bits per heavy atom. The average molecular weight is 272 g/mol. The number of hydrogen-bond donors (Lipinski definition) is 1. The molecule has 0 aliphatic carbocycles. The number of hydrogen-bond acceptors (Lipinski definition) is 5. The van der Waals surface area contributed by atoms with Gasteiger partial charge in [0, 0.05) is 12.1 Å². The fourth-order valence-electron chi connectivity index (χ4n) is 1.70. The third-order valence-corrected chi connectivity index (χ3v) is 4.59. The molecule has 6 nitrogen and oxygen atoms in total. The lowest BCUT2D eigenvalue weighted by Crippen LogP contribution is -2.03. The summed E-state index contributed by atoms with van der Waals surface area (Å²) in [5, 5.41) is 10.5. The molecule has 1 fully saturated rings. The Bertz CT molecular complexity index is 414. The maximum Gasteiger partial charge on any atom is 0.413 e. The van der Waals surface area contributed by atoms with E-state index in [9.17, 15) is 15.0 Å². The topological polar surface area (TPSA) is 81.8 Å². The van der Waals surface area contributed by atoms with Gasteiger partial charge in [0.1, 0.15) is 0 Å². The first kappa shape index (κ1) is 13.4. The van der Waals surface area contributed by atoms with Crippen molar-refractivity contribution in [3.63, 3.8) is 0 Å². The van der Waals surface area contributed by atoms with Crippen molar-refractivity contribution in [2.75, 3.05) is 13.2 Å². The van der Waals surface area contributed by atoms with Gasteiger partial charge in [0.2, 0.25) is 0 Å². The number of nitro groups is 1. The highest BCUT2D eigenvalue weighted by Gasteiger charge is 2.42. The highest BCUT2D eigenvalue weighted by atomic mass is 31.2. The van der Waals surface area contributed by atoms with Crippen molar-refractivity contribution in [1.29, 1.82) is 0 Å². The first-order chi connectivity index (χ1) is 8.59. The van der Waals surface area contributed by atoms with E-state index in [0.29, 0.717) is 13.2 Å². The first-order valence-electron chi connectivity index (χ1n) is 5.72. The SMILES string of the molecule is O=[N+]([O-])c1ccc(C[P+]2(O)OCCCCO2)cc1. The van der Waals surface area contributed by atoms with Crippen LogP contribution < -0.4 is 0 Å². The van der Waals surface area contributed by atoms with Crippen LogP contribution in [0.25, 0.3) is 0 Å². The summed E-state index contributed by atoms with van der Waals surface area (Å²) in [5.41, 5.74) is 0.810. The smallest absolute Gasteiger partial charge is 0.258 e. The van der Waals surface area contributed by atoms with Gasteiger partial charge in [0.15, 0.2) is 6.16 Å². The quantitative estimate of drug-likeness (QED) is 0.519. The van der Waals surface area contributed by atoms with E-state index in [1.54, 1.807) is 12.1 Å². The standard InChI is InChI=1S/C11H15NO5P/c13-12(14)11-5-3-10(4-6-11)9-18(15)16-7-1-2-8-17-18/h3-6,15H,1-2,7-9H2/q+1. The van der Waals surface area contributed by atoms with Crippen molar-refractivity contribution in [1.82, 2.24) is 0 Å². The van der Waals surface area contributed by atoms with Crippen LogP contribution in [0.15, 0.2) is 24.3 Å². The van der Waals surface area contributed by atoms with E-state index in [0.717, 1.165) is 18.4 Å². The molecule has 0 unspecified atom stereocenters. The number of nitrogens with zero attached hydrogens (tertiary/aromatic N) is 1. The van der Waals surface area contributed by atoms with E-state index in [1.165, 1.54) is 12.1 Å². The largest absolute Gasteiger partial charge is 0.413 e. The summed E-state index contributed by atoms with van der Waals surface area (Å²) in [6.07, 6.45) is 2.02. The van der Waals surface area contributed by atoms with E-state index in [2.05, 4.69) is 0 Å². The van der Waals surface area contributed by atoms with Crippen molar-refractivity contribution in [3.8, 4) is 0 Å². The summed E-state index contributed by atoms with van der Waals surface area (Å²) >= 11 is 0. The predicted molar refractivity (Wildman–Crippen MR) is 67.1 cm³/mol. The average Bonchev–Trinajstić information content (AvgIpc) is 2.55. The van der Waals surface area contributed by atoms with Crippen LogP contribution in [-0.4, -0.2) is 23.0 Å². The highest BCUT2D eigenvalue weighted by molar-refractivity contribution is 7.59. The molecule has 1 aromatic carbocycles. The minimum absolute atomic E-state index is 0.0341. The monoisotopic (exact) mass is 272 g/mol. The van der Waals surface area contributed by atoms with Gasteiger partial charge in [-0.25, -0.2) is 0 Å². The lowest BCUT2D eigenvalue weighted by Gasteiger charge is -2.14. The molecular formula is C11H15NO5P+. The van der Waals surface area contributed by atoms with Gasteiger partial charge in [-0.05, 0) is 30.5 Å². The van der Waals surface area contributed by atoms with Gasteiger partial charge in [0.25, 0.3) is 5.69 Å². The summed E-state index contributed by atoms with van der Waals surface area (Å²) in [4.78, 5) is 20.3. The Balaban J connectivity index is 2.05. The Kier molecular flexibility index (Phi) is 4.24. The van der Waals surface area contributed by atoms with E-state index >= 15 is 0 Å². The molecule has 2 rings (SSSR count). The normalized spacial score (nSPS) is 19.2. The summed E-state index contributed by atoms with van der Waals surface area (Å²) < 4.78 is 10.8. The molecule has 1 aliphatic rings. The summed E-state index contributed by atoms with van der Waals surface area (Å²) in [5.74, 6) is 0. The van der Waals surface area contributed by atoms with E-state index < -0.39 is 12.9 Å². The van der Waals surface area contributed by atoms with Crippen molar-refractivity contribution >= 4 is 13.6 Å². The molecule has 0 spiro atoms. The van der Waals surface area contributed by atoms with Crippen LogP contribution in [0.1, 0.15) is 18.4 Å². The molecule has 0 amide bonds. The number of nitro benzene ring substituents is 1. The van der Waals surface area contributed by atoms with Crippen LogP contribution >= 0.6 is 7.94 Å². The van der Waals surface area contributed by atoms with Crippen molar-refractivity contribution in [3.05, 3.63) is 39.9 Å². The second-order valence-corrected chi connectivity index (χ2v) is 6.20. The first-order valence-corrected chi connectivity index (χ1v) is 7.49. The highest BCUT2D eigenvalue weighted by Crippen LogP contribution is 2.60. The molecule has 1 aliphatic heterocycles. The molecular weight excluding hydrogens is 257 g/mol. The zero-order valence-electron chi connectivity index (χ0n) is 9.82. The third-order valence-electron chi connectivity index (χ3n) is 2.65. The molecule has 0 atom stereocenters. The third kappa shape index (κ3) is 3.46. The maximum absolute atomic E-state index is 10.5. The fourth-order valence-corrected chi connectivity index (χ4v) is 3.46. The molecule has 1 aromatic rings. The molecule has 98 valence electrons. The van der Waals surface area contributed by atoms with Gasteiger partial charge in [-0.2, -0.15) is 13.9 Å². The van der Waals surface area contributed by atoms with Crippen LogP contribution in [0.4, 0.5) is 5.69 Å². The molecule has 0 aromatic heterocycles. The molecule has 7 heteroatoms. The number of rotatable bonds is 3. The summed E-state index contributed by atoms with van der Waals surface area (Å²) in [6, 6.07) is 6.07. The van der Waals surface area contributed by atoms with E-state index in [4.69, 9.17) is 9.05 Å². The second kappa shape index (κ2) is 5.71. The lowest BCUT2D eigenvalue weighted by molar-refractivity contribution is -0.384. The molecule has 1 saturated heterocycles. The summed E-state index contributed by atoms with van der Waals surface area (Å²) in [6.45, 7) is 0.995. The van der Waals surface area contributed by atoms with Crippen molar-refractivity contribution in [2.45, 2.75) is 19.0 Å². The lowest BCUT2D eigenvalue weighted by atomic mass is 10.2. The molecule has 1 N–H and O–H groups in total. The molecule has 0 bridgehead atoms. The van der Waals surface area contributed by atoms with Gasteiger partial charge in [0.05, 0.1) is 18.1 Å². The zero-order valence-corrected chi connectivity index (χ0v) is 10.7. The Morgan fingerprint density at radius 2 is 1.78 bits per heavy atom. The van der Waals surface area contributed by atoms with Gasteiger partial charge in [-0.3, -0.25) is 10.1 Å². The minimum Gasteiger partial charge on any atom is -0.258 e. The van der Waals surface area contributed by atoms with Gasteiger partial charge >= 0.3 is 7.94 Å². The van der Waals surface area contributed by atoms with Gasteiger partial charge < -0.3 is 0 Å². The number of non-ortho nitro benzene ring substituents is 1. The number of benzene rings is 1.